The van der Waals surface area contributed by atoms with E-state index in [9.17, 15) is 28.3 Å². The Kier molecular flexibility index (Phi) is 11.2. The summed E-state index contributed by atoms with van der Waals surface area (Å²) in [4.78, 5) is 38.6. The van der Waals surface area contributed by atoms with Crippen LogP contribution in [-0.4, -0.2) is 47.7 Å². The molecule has 0 aliphatic rings. The second kappa shape index (κ2) is 15.3. The first-order chi connectivity index (χ1) is 22.0. The van der Waals surface area contributed by atoms with Gasteiger partial charge in [0.2, 0.25) is 0 Å². The van der Waals surface area contributed by atoms with Crippen LogP contribution in [0.15, 0.2) is 78.9 Å². The van der Waals surface area contributed by atoms with Crippen molar-refractivity contribution in [1.29, 1.82) is 0 Å². The van der Waals surface area contributed by atoms with Gasteiger partial charge in [0.1, 0.15) is 11.5 Å². The molecule has 0 radical (unpaired) electrons. The fourth-order valence-corrected chi connectivity index (χ4v) is 5.23. The summed E-state index contributed by atoms with van der Waals surface area (Å²) in [6, 6.07) is 19.1. The van der Waals surface area contributed by atoms with Gasteiger partial charge in [-0.25, -0.2) is 8.78 Å². The molecular formula is C36H36F2N2O6. The van der Waals surface area contributed by atoms with E-state index in [-0.39, 0.29) is 31.2 Å². The van der Waals surface area contributed by atoms with Crippen LogP contribution in [0, 0.1) is 11.6 Å². The number of hydrogen-bond donors (Lipinski definition) is 2. The van der Waals surface area contributed by atoms with E-state index in [1.807, 2.05) is 44.2 Å². The monoisotopic (exact) mass is 630 g/mol. The van der Waals surface area contributed by atoms with Gasteiger partial charge >= 0.3 is 5.97 Å². The standard InChI is InChI=1S/C36H36F2N2O6/c1-22(2)40-30(17-15-27(41)19-28(42)20-32(43)46-4)33(25-11-13-26(37)14-12-25)34(24-8-6-5-7-9-24)35(40)36(44)39-21-23-10-16-29(38)31(18-23)45-3/h5-18,22,28,42H,19-21H2,1-4H3,(H,39,44)/b17-15+/t28-/m1/s1. The van der Waals surface area contributed by atoms with Crippen LogP contribution < -0.4 is 10.1 Å². The molecule has 3 aromatic carbocycles. The quantitative estimate of drug-likeness (QED) is 0.129. The Morgan fingerprint density at radius 1 is 0.913 bits per heavy atom. The molecule has 1 atom stereocenters. The fourth-order valence-electron chi connectivity index (χ4n) is 5.23. The topological polar surface area (TPSA) is 107 Å². The van der Waals surface area contributed by atoms with Crippen LogP contribution >= 0.6 is 0 Å². The molecular weight excluding hydrogens is 594 g/mol. The van der Waals surface area contributed by atoms with Gasteiger partial charge in [-0.05, 0) is 67.0 Å². The number of ether oxygens (including phenoxy) is 2. The molecule has 0 aliphatic carbocycles. The van der Waals surface area contributed by atoms with Crippen LogP contribution in [0.5, 0.6) is 5.75 Å². The minimum Gasteiger partial charge on any atom is -0.494 e. The lowest BCUT2D eigenvalue weighted by atomic mass is 9.94. The zero-order valence-corrected chi connectivity index (χ0v) is 26.1. The van der Waals surface area contributed by atoms with E-state index < -0.39 is 35.4 Å². The average molecular weight is 631 g/mol. The van der Waals surface area contributed by atoms with E-state index >= 15 is 0 Å². The number of methoxy groups -OCH3 is 2. The minimum atomic E-state index is -1.23. The number of benzene rings is 3. The molecule has 4 aromatic rings. The maximum atomic E-state index is 14.2. The highest BCUT2D eigenvalue weighted by atomic mass is 19.1. The molecule has 0 saturated carbocycles. The molecule has 1 heterocycles. The van der Waals surface area contributed by atoms with E-state index in [4.69, 9.17) is 4.74 Å². The highest BCUT2D eigenvalue weighted by Gasteiger charge is 2.29. The van der Waals surface area contributed by atoms with Gasteiger partial charge in [0, 0.05) is 30.1 Å². The third-order valence-corrected chi connectivity index (χ3v) is 7.33. The van der Waals surface area contributed by atoms with Gasteiger partial charge in [-0.2, -0.15) is 0 Å². The maximum Gasteiger partial charge on any atom is 0.308 e. The summed E-state index contributed by atoms with van der Waals surface area (Å²) >= 11 is 0. The van der Waals surface area contributed by atoms with Gasteiger partial charge in [0.05, 0.1) is 32.4 Å². The minimum absolute atomic E-state index is 0.0506. The van der Waals surface area contributed by atoms with Crippen molar-refractivity contribution >= 4 is 23.7 Å². The molecule has 10 heteroatoms. The van der Waals surface area contributed by atoms with Crippen molar-refractivity contribution in [2.75, 3.05) is 14.2 Å². The molecule has 1 amide bonds. The number of allylic oxidation sites excluding steroid dienone is 1. The van der Waals surface area contributed by atoms with Crippen molar-refractivity contribution in [3.8, 4) is 28.0 Å². The predicted molar refractivity (Wildman–Crippen MR) is 171 cm³/mol. The van der Waals surface area contributed by atoms with Crippen LogP contribution in [0.4, 0.5) is 8.78 Å². The number of ketones is 1. The van der Waals surface area contributed by atoms with E-state index in [2.05, 4.69) is 10.1 Å². The summed E-state index contributed by atoms with van der Waals surface area (Å²) in [5.74, 6) is -2.43. The lowest BCUT2D eigenvalue weighted by Gasteiger charge is -2.17. The molecule has 46 heavy (non-hydrogen) atoms. The SMILES string of the molecule is COC(=O)C[C@H](O)CC(=O)/C=C/c1c(-c2ccc(F)cc2)c(-c2ccccc2)c(C(=O)NCc2ccc(F)c(OC)c2)n1C(C)C. The van der Waals surface area contributed by atoms with Crippen molar-refractivity contribution < 1.29 is 37.7 Å². The Balaban J connectivity index is 1.88. The highest BCUT2D eigenvalue weighted by molar-refractivity contribution is 6.07. The van der Waals surface area contributed by atoms with E-state index in [0.717, 1.165) is 0 Å². The van der Waals surface area contributed by atoms with Crippen molar-refractivity contribution in [1.82, 2.24) is 9.88 Å². The Morgan fingerprint density at radius 2 is 1.59 bits per heavy atom. The summed E-state index contributed by atoms with van der Waals surface area (Å²) in [5.41, 5.74) is 3.89. The first-order valence-corrected chi connectivity index (χ1v) is 14.7. The number of aliphatic hydroxyl groups excluding tert-OH is 1. The molecule has 0 spiro atoms. The number of halogens is 2. The lowest BCUT2D eigenvalue weighted by molar-refractivity contribution is -0.143. The van der Waals surface area contributed by atoms with Crippen molar-refractivity contribution in [3.05, 3.63) is 107 Å². The van der Waals surface area contributed by atoms with Crippen molar-refractivity contribution in [2.45, 2.75) is 45.4 Å². The number of nitrogens with one attached hydrogen (secondary N) is 1. The van der Waals surface area contributed by atoms with Gasteiger partial charge < -0.3 is 24.5 Å². The first kappa shape index (κ1) is 33.8. The number of hydrogen-bond acceptors (Lipinski definition) is 6. The first-order valence-electron chi connectivity index (χ1n) is 14.7. The Morgan fingerprint density at radius 3 is 2.22 bits per heavy atom. The lowest BCUT2D eigenvalue weighted by Crippen LogP contribution is -2.27. The molecule has 8 nitrogen and oxygen atoms in total. The number of carbonyl (C=O) groups is 3. The number of rotatable bonds is 13. The van der Waals surface area contributed by atoms with Crippen LogP contribution in [-0.2, 0) is 20.9 Å². The van der Waals surface area contributed by atoms with Gasteiger partial charge in [-0.15, -0.1) is 0 Å². The zero-order valence-electron chi connectivity index (χ0n) is 26.1. The van der Waals surface area contributed by atoms with Gasteiger partial charge in [-0.1, -0.05) is 48.5 Å². The molecule has 0 bridgehead atoms. The maximum absolute atomic E-state index is 14.2. The van der Waals surface area contributed by atoms with Gasteiger partial charge in [0.15, 0.2) is 17.3 Å². The van der Waals surface area contributed by atoms with Crippen molar-refractivity contribution in [3.63, 3.8) is 0 Å². The Hall–Kier alpha value is -5.09. The smallest absolute Gasteiger partial charge is 0.308 e. The average Bonchev–Trinajstić information content (AvgIpc) is 3.39. The van der Waals surface area contributed by atoms with Crippen LogP contribution in [0.2, 0.25) is 0 Å². The van der Waals surface area contributed by atoms with Crippen molar-refractivity contribution in [2.24, 2.45) is 0 Å². The molecule has 1 aromatic heterocycles. The summed E-state index contributed by atoms with van der Waals surface area (Å²) < 4.78 is 39.6. The summed E-state index contributed by atoms with van der Waals surface area (Å²) in [6.45, 7) is 3.86. The third-order valence-electron chi connectivity index (χ3n) is 7.33. The molecule has 0 saturated heterocycles. The number of aromatic nitrogens is 1. The van der Waals surface area contributed by atoms with Crippen LogP contribution in [0.1, 0.15) is 54.5 Å². The molecule has 0 aliphatic heterocycles. The molecule has 0 fully saturated rings. The molecule has 4 rings (SSSR count). The normalized spacial score (nSPS) is 11.9. The Bertz CT molecular complexity index is 1730. The summed E-state index contributed by atoms with van der Waals surface area (Å²) in [5, 5.41) is 13.2. The largest absolute Gasteiger partial charge is 0.494 e. The Labute approximate surface area is 266 Å². The zero-order chi connectivity index (χ0) is 33.4. The van der Waals surface area contributed by atoms with E-state index in [1.54, 1.807) is 28.8 Å². The second-order valence-electron chi connectivity index (χ2n) is 10.9. The number of nitrogens with zero attached hydrogens (tertiary/aromatic N) is 1. The van der Waals surface area contributed by atoms with Crippen LogP contribution in [0.25, 0.3) is 28.3 Å². The third kappa shape index (κ3) is 7.94. The number of esters is 1. The highest BCUT2D eigenvalue weighted by Crippen LogP contribution is 2.42. The van der Waals surface area contributed by atoms with Crippen LogP contribution in [0.3, 0.4) is 0 Å². The molecule has 0 unspecified atom stereocenters. The summed E-state index contributed by atoms with van der Waals surface area (Å²) in [6.07, 6.45) is 0.981. The fraction of sp³-hybridized carbons (Fsp3) is 0.250. The van der Waals surface area contributed by atoms with Gasteiger partial charge in [0.25, 0.3) is 5.91 Å². The number of aliphatic hydroxyl groups is 1. The second-order valence-corrected chi connectivity index (χ2v) is 10.9. The molecule has 2 N–H and O–H groups in total. The predicted octanol–water partition coefficient (Wildman–Crippen LogP) is 6.52. The van der Waals surface area contributed by atoms with Gasteiger partial charge in [-0.3, -0.25) is 14.4 Å². The van der Waals surface area contributed by atoms with E-state index in [1.165, 1.54) is 44.6 Å². The summed E-state index contributed by atoms with van der Waals surface area (Å²) in [7, 11) is 2.56. The number of amides is 1. The number of carbonyl (C=O) groups excluding carboxylic acids is 3. The van der Waals surface area contributed by atoms with E-state index in [0.29, 0.717) is 39.2 Å². The molecule has 240 valence electrons.